The van der Waals surface area contributed by atoms with E-state index < -0.39 is 35.1 Å². The first-order chi connectivity index (χ1) is 15.7. The third-order valence-electron chi connectivity index (χ3n) is 4.97. The number of aliphatic hydroxyl groups excluding tert-OH is 1. The molecular formula is C23H23ClN2O7. The molecule has 33 heavy (non-hydrogen) atoms. The summed E-state index contributed by atoms with van der Waals surface area (Å²) in [5.74, 6) is -4.19. The maximum Gasteiger partial charge on any atom is 0.335 e. The smallest absolute Gasteiger partial charge is 0.335 e. The zero-order valence-electron chi connectivity index (χ0n) is 17.3. The Hall–Kier alpha value is -3.66. The minimum Gasteiger partial charge on any atom is -0.505 e. The van der Waals surface area contributed by atoms with Crippen molar-refractivity contribution in [2.75, 3.05) is 25.0 Å². The zero-order chi connectivity index (χ0) is 24.1. The number of carboxylic acids is 1. The van der Waals surface area contributed by atoms with Crippen LogP contribution in [0, 0.1) is 0 Å². The molecule has 0 amide bonds. The van der Waals surface area contributed by atoms with Crippen LogP contribution in [-0.4, -0.2) is 56.2 Å². The summed E-state index contributed by atoms with van der Waals surface area (Å²) in [5, 5.41) is 66.9. The van der Waals surface area contributed by atoms with Gasteiger partial charge in [0.2, 0.25) is 5.75 Å². The number of halogens is 1. The Morgan fingerprint density at radius 3 is 2.33 bits per heavy atom. The highest BCUT2D eigenvalue weighted by atomic mass is 35.5. The number of carboxylic acid groups (broad SMARTS) is 1. The molecule has 0 heterocycles. The van der Waals surface area contributed by atoms with E-state index in [9.17, 15) is 35.4 Å². The minimum atomic E-state index is -1.21. The Kier molecular flexibility index (Phi) is 7.49. The highest BCUT2D eigenvalue weighted by molar-refractivity contribution is 6.30. The van der Waals surface area contributed by atoms with E-state index in [2.05, 4.69) is 10.6 Å². The van der Waals surface area contributed by atoms with Gasteiger partial charge >= 0.3 is 5.97 Å². The molecule has 0 spiro atoms. The van der Waals surface area contributed by atoms with Gasteiger partial charge in [-0.05, 0) is 35.4 Å². The van der Waals surface area contributed by atoms with Crippen molar-refractivity contribution in [3.63, 3.8) is 0 Å². The molecule has 3 aromatic carbocycles. The fraction of sp³-hybridized carbons (Fsp3) is 0.174. The number of hydrogen-bond acceptors (Lipinski definition) is 8. The van der Waals surface area contributed by atoms with Crippen molar-refractivity contribution in [3.05, 3.63) is 64.7 Å². The molecule has 10 heteroatoms. The van der Waals surface area contributed by atoms with Gasteiger partial charge in [-0.3, -0.25) is 0 Å². The number of carbonyl (C=O) groups is 1. The van der Waals surface area contributed by atoms with E-state index in [4.69, 9.17) is 11.6 Å². The molecule has 1 atom stereocenters. The molecule has 8 N–H and O–H groups in total. The molecule has 174 valence electrons. The quantitative estimate of drug-likeness (QED) is 0.132. The van der Waals surface area contributed by atoms with Crippen LogP contribution in [-0.2, 0) is 0 Å². The monoisotopic (exact) mass is 474 g/mol. The second kappa shape index (κ2) is 10.3. The van der Waals surface area contributed by atoms with Crippen molar-refractivity contribution in [1.29, 1.82) is 0 Å². The van der Waals surface area contributed by atoms with Gasteiger partial charge in [-0.15, -0.1) is 0 Å². The number of hydrogen-bond donors (Lipinski definition) is 8. The van der Waals surface area contributed by atoms with Gasteiger partial charge in [0.25, 0.3) is 0 Å². The van der Waals surface area contributed by atoms with E-state index in [0.717, 1.165) is 0 Å². The first-order valence-electron chi connectivity index (χ1n) is 9.92. The molecule has 3 rings (SSSR count). The number of anilines is 1. The van der Waals surface area contributed by atoms with Gasteiger partial charge in [-0.2, -0.15) is 0 Å². The fourth-order valence-electron chi connectivity index (χ4n) is 3.29. The summed E-state index contributed by atoms with van der Waals surface area (Å²) in [6, 6.07) is 12.3. The van der Waals surface area contributed by atoms with Crippen LogP contribution in [0.5, 0.6) is 23.0 Å². The molecule has 0 aliphatic carbocycles. The van der Waals surface area contributed by atoms with Crippen LogP contribution >= 0.6 is 11.6 Å². The van der Waals surface area contributed by atoms with Crippen molar-refractivity contribution in [3.8, 4) is 34.1 Å². The second-order valence-corrected chi connectivity index (χ2v) is 7.67. The zero-order valence-corrected chi connectivity index (χ0v) is 18.0. The van der Waals surface area contributed by atoms with Crippen molar-refractivity contribution < 1.29 is 35.4 Å². The van der Waals surface area contributed by atoms with Gasteiger partial charge < -0.3 is 41.3 Å². The lowest BCUT2D eigenvalue weighted by Crippen LogP contribution is -2.27. The predicted molar refractivity (Wildman–Crippen MR) is 123 cm³/mol. The van der Waals surface area contributed by atoms with Crippen molar-refractivity contribution in [2.24, 2.45) is 0 Å². The summed E-state index contributed by atoms with van der Waals surface area (Å²) in [6.45, 7) is 0.693. The van der Waals surface area contributed by atoms with Gasteiger partial charge in [0.15, 0.2) is 17.2 Å². The van der Waals surface area contributed by atoms with Crippen LogP contribution in [0.25, 0.3) is 11.1 Å². The van der Waals surface area contributed by atoms with Crippen LogP contribution in [0.3, 0.4) is 0 Å². The van der Waals surface area contributed by atoms with E-state index in [0.29, 0.717) is 17.1 Å². The lowest BCUT2D eigenvalue weighted by atomic mass is 9.99. The van der Waals surface area contributed by atoms with E-state index in [-0.39, 0.29) is 35.5 Å². The van der Waals surface area contributed by atoms with Crippen molar-refractivity contribution in [1.82, 2.24) is 5.32 Å². The largest absolute Gasteiger partial charge is 0.505 e. The first kappa shape index (κ1) is 24.0. The number of phenolic OH excluding ortho intramolecular Hbond substituents is 4. The molecule has 0 saturated heterocycles. The molecule has 0 bridgehead atoms. The van der Waals surface area contributed by atoms with Gasteiger partial charge in [0.05, 0.1) is 17.2 Å². The third kappa shape index (κ3) is 5.40. The number of rotatable bonds is 9. The van der Waals surface area contributed by atoms with Crippen LogP contribution in [0.2, 0.25) is 5.02 Å². The highest BCUT2D eigenvalue weighted by Gasteiger charge is 2.25. The molecule has 0 radical (unpaired) electrons. The van der Waals surface area contributed by atoms with Crippen LogP contribution < -0.4 is 10.6 Å². The number of aromatic hydroxyl groups is 4. The summed E-state index contributed by atoms with van der Waals surface area (Å²) in [6.07, 6.45) is -0.795. The molecule has 0 aromatic heterocycles. The lowest BCUT2D eigenvalue weighted by molar-refractivity contribution is 0.0697. The molecule has 0 aliphatic heterocycles. The minimum absolute atomic E-state index is 0.0872. The summed E-state index contributed by atoms with van der Waals surface area (Å²) >= 11 is 5.92. The SMILES string of the molecule is O=C(O)c1cccc(-c2c(O)c(O)c(O)c(NCCNCC(O)c3cccc(Cl)c3)c2O)c1. The number of nitrogens with one attached hydrogen (secondary N) is 2. The molecule has 9 nitrogen and oxygen atoms in total. The molecule has 0 aliphatic rings. The van der Waals surface area contributed by atoms with Crippen LogP contribution in [0.1, 0.15) is 22.0 Å². The van der Waals surface area contributed by atoms with Gasteiger partial charge in [0, 0.05) is 24.7 Å². The van der Waals surface area contributed by atoms with Crippen LogP contribution in [0.15, 0.2) is 48.5 Å². The van der Waals surface area contributed by atoms with Gasteiger partial charge in [0.1, 0.15) is 5.69 Å². The van der Waals surface area contributed by atoms with Crippen molar-refractivity contribution >= 4 is 23.3 Å². The van der Waals surface area contributed by atoms with E-state index in [1.807, 2.05) is 0 Å². The predicted octanol–water partition coefficient (Wildman–Crippen LogP) is 3.26. The first-order valence-corrected chi connectivity index (χ1v) is 10.3. The fourth-order valence-corrected chi connectivity index (χ4v) is 3.49. The average molecular weight is 475 g/mol. The molecule has 0 saturated carbocycles. The number of aromatic carboxylic acids is 1. The van der Waals surface area contributed by atoms with Gasteiger partial charge in [-0.1, -0.05) is 35.9 Å². The highest BCUT2D eigenvalue weighted by Crippen LogP contribution is 2.54. The Morgan fingerprint density at radius 2 is 1.64 bits per heavy atom. The Bertz CT molecular complexity index is 1170. The Morgan fingerprint density at radius 1 is 0.909 bits per heavy atom. The summed E-state index contributed by atoms with van der Waals surface area (Å²) in [7, 11) is 0. The number of benzene rings is 3. The summed E-state index contributed by atoms with van der Waals surface area (Å²) in [5.41, 5.74) is 0.218. The number of aliphatic hydroxyl groups is 1. The normalized spacial score (nSPS) is 11.8. The lowest BCUT2D eigenvalue weighted by Gasteiger charge is -2.18. The van der Waals surface area contributed by atoms with Crippen LogP contribution in [0.4, 0.5) is 5.69 Å². The molecule has 3 aromatic rings. The van der Waals surface area contributed by atoms with E-state index >= 15 is 0 Å². The molecular weight excluding hydrogens is 452 g/mol. The van der Waals surface area contributed by atoms with Crippen molar-refractivity contribution in [2.45, 2.75) is 6.10 Å². The summed E-state index contributed by atoms with van der Waals surface area (Å²) < 4.78 is 0. The molecule has 1 unspecified atom stereocenters. The summed E-state index contributed by atoms with van der Waals surface area (Å²) in [4.78, 5) is 11.2. The van der Waals surface area contributed by atoms with E-state index in [1.54, 1.807) is 24.3 Å². The maximum atomic E-state index is 11.2. The maximum absolute atomic E-state index is 11.2. The Balaban J connectivity index is 1.72. The number of phenols is 4. The topological polar surface area (TPSA) is 163 Å². The standard InChI is InChI=1S/C23H23ClN2O7/c24-15-6-2-3-12(10-15)16(27)11-25-7-8-26-18-19(28)17(20(29)22(31)21(18)30)13-4-1-5-14(9-13)23(32)33/h1-6,9-10,16,25-31H,7-8,11H2,(H,32,33). The molecule has 0 fully saturated rings. The van der Waals surface area contributed by atoms with E-state index in [1.165, 1.54) is 24.3 Å². The second-order valence-electron chi connectivity index (χ2n) is 7.23. The average Bonchev–Trinajstić information content (AvgIpc) is 2.79. The third-order valence-corrected chi connectivity index (χ3v) is 5.20. The van der Waals surface area contributed by atoms with Gasteiger partial charge in [-0.25, -0.2) is 4.79 Å². The Labute approximate surface area is 194 Å².